The lowest BCUT2D eigenvalue weighted by Crippen LogP contribution is -2.46. The van der Waals surface area contributed by atoms with Gasteiger partial charge in [-0.1, -0.05) is 12.1 Å². The number of methoxy groups -OCH3 is 1. The van der Waals surface area contributed by atoms with E-state index in [1.165, 1.54) is 0 Å². The van der Waals surface area contributed by atoms with Crippen LogP contribution in [0.1, 0.15) is 24.6 Å². The fraction of sp³-hybridized carbons (Fsp3) is 0.429. The van der Waals surface area contributed by atoms with Crippen molar-refractivity contribution < 1.29 is 9.53 Å². The van der Waals surface area contributed by atoms with Crippen LogP contribution in [0.5, 0.6) is 5.75 Å². The van der Waals surface area contributed by atoms with E-state index in [0.717, 1.165) is 49.7 Å². The molecule has 2 aromatic rings. The van der Waals surface area contributed by atoms with Crippen molar-refractivity contribution in [1.29, 1.82) is 0 Å². The zero-order valence-electron chi connectivity index (χ0n) is 16.2. The van der Waals surface area contributed by atoms with Crippen LogP contribution in [0.15, 0.2) is 48.7 Å². The molecule has 7 heteroatoms. The van der Waals surface area contributed by atoms with Gasteiger partial charge in [-0.15, -0.1) is 0 Å². The second kappa shape index (κ2) is 8.58. The van der Waals surface area contributed by atoms with Crippen LogP contribution in [0.2, 0.25) is 0 Å². The Morgan fingerprint density at radius 1 is 1.11 bits per heavy atom. The topological polar surface area (TPSA) is 69.7 Å². The Morgan fingerprint density at radius 2 is 2.04 bits per heavy atom. The standard InChI is InChI=1S/C21H27N5O2/c1-28-17-7-4-6-16(14-17)25-10-5-11-26(13-12-25)21(27)20-15-19(23-24-20)18-8-2-3-9-22-18/h2-4,6-9,14,19-20,23-24H,5,10-13,15H2,1H3. The Morgan fingerprint density at radius 3 is 2.86 bits per heavy atom. The number of nitrogens with zero attached hydrogens (tertiary/aromatic N) is 3. The second-order valence-electron chi connectivity index (χ2n) is 7.25. The highest BCUT2D eigenvalue weighted by molar-refractivity contribution is 5.82. The molecule has 2 aliphatic rings. The summed E-state index contributed by atoms with van der Waals surface area (Å²) in [6, 6.07) is 13.8. The summed E-state index contributed by atoms with van der Waals surface area (Å²) in [5.74, 6) is 1.02. The molecule has 3 heterocycles. The largest absolute Gasteiger partial charge is 0.497 e. The molecule has 0 saturated carbocycles. The van der Waals surface area contributed by atoms with Gasteiger partial charge in [-0.2, -0.15) is 0 Å². The SMILES string of the molecule is COc1cccc(N2CCCN(C(=O)C3CC(c4ccccn4)NN3)CC2)c1. The van der Waals surface area contributed by atoms with E-state index in [1.54, 1.807) is 13.3 Å². The van der Waals surface area contributed by atoms with Crippen LogP contribution >= 0.6 is 0 Å². The normalized spacial score (nSPS) is 22.8. The molecule has 2 fully saturated rings. The zero-order chi connectivity index (χ0) is 19.3. The van der Waals surface area contributed by atoms with Crippen LogP contribution in [0.3, 0.4) is 0 Å². The Labute approximate surface area is 165 Å². The number of ether oxygens (including phenoxy) is 1. The number of aromatic nitrogens is 1. The number of rotatable bonds is 4. The average molecular weight is 381 g/mol. The van der Waals surface area contributed by atoms with Crippen LogP contribution in [0, 0.1) is 0 Å². The fourth-order valence-electron chi connectivity index (χ4n) is 3.92. The highest BCUT2D eigenvalue weighted by atomic mass is 16.5. The highest BCUT2D eigenvalue weighted by Crippen LogP contribution is 2.24. The van der Waals surface area contributed by atoms with E-state index in [1.807, 2.05) is 35.2 Å². The van der Waals surface area contributed by atoms with E-state index in [0.29, 0.717) is 6.42 Å². The minimum atomic E-state index is -0.213. The Kier molecular flexibility index (Phi) is 5.73. The van der Waals surface area contributed by atoms with Gasteiger partial charge >= 0.3 is 0 Å². The maximum atomic E-state index is 13.0. The molecule has 28 heavy (non-hydrogen) atoms. The van der Waals surface area contributed by atoms with Crippen LogP contribution in [-0.4, -0.2) is 55.1 Å². The summed E-state index contributed by atoms with van der Waals surface area (Å²) in [6.45, 7) is 3.26. The smallest absolute Gasteiger partial charge is 0.241 e. The molecule has 0 radical (unpaired) electrons. The molecule has 2 N–H and O–H groups in total. The van der Waals surface area contributed by atoms with E-state index >= 15 is 0 Å². The van der Waals surface area contributed by atoms with Gasteiger partial charge in [0.2, 0.25) is 5.91 Å². The number of nitrogens with one attached hydrogen (secondary N) is 2. The van der Waals surface area contributed by atoms with Gasteiger partial charge in [0, 0.05) is 44.1 Å². The van der Waals surface area contributed by atoms with Gasteiger partial charge in [0.1, 0.15) is 11.8 Å². The number of amides is 1. The van der Waals surface area contributed by atoms with Crippen LogP contribution in [0.4, 0.5) is 5.69 Å². The summed E-state index contributed by atoms with van der Waals surface area (Å²) >= 11 is 0. The number of hydrogen-bond donors (Lipinski definition) is 2. The van der Waals surface area contributed by atoms with Gasteiger partial charge in [-0.3, -0.25) is 9.78 Å². The zero-order valence-corrected chi connectivity index (χ0v) is 16.2. The third-order valence-corrected chi connectivity index (χ3v) is 5.47. The van der Waals surface area contributed by atoms with Gasteiger partial charge < -0.3 is 14.5 Å². The van der Waals surface area contributed by atoms with Crippen molar-refractivity contribution in [3.63, 3.8) is 0 Å². The summed E-state index contributed by atoms with van der Waals surface area (Å²) < 4.78 is 5.34. The van der Waals surface area contributed by atoms with Gasteiger partial charge in [0.25, 0.3) is 0 Å². The lowest BCUT2D eigenvalue weighted by molar-refractivity contribution is -0.133. The molecule has 0 spiro atoms. The summed E-state index contributed by atoms with van der Waals surface area (Å²) in [5, 5.41) is 0. The predicted octanol–water partition coefficient (Wildman–Crippen LogP) is 1.74. The first-order valence-electron chi connectivity index (χ1n) is 9.84. The van der Waals surface area contributed by atoms with Gasteiger partial charge in [-0.05, 0) is 37.1 Å². The molecule has 0 aliphatic carbocycles. The van der Waals surface area contributed by atoms with E-state index < -0.39 is 0 Å². The molecule has 1 aromatic heterocycles. The van der Waals surface area contributed by atoms with Crippen molar-refractivity contribution in [2.75, 3.05) is 38.2 Å². The van der Waals surface area contributed by atoms with Gasteiger partial charge in [-0.25, -0.2) is 10.9 Å². The molecule has 0 bridgehead atoms. The molecule has 4 rings (SSSR count). The highest BCUT2D eigenvalue weighted by Gasteiger charge is 2.34. The third-order valence-electron chi connectivity index (χ3n) is 5.47. The fourth-order valence-corrected chi connectivity index (χ4v) is 3.92. The van der Waals surface area contributed by atoms with E-state index in [9.17, 15) is 4.79 Å². The molecule has 2 aliphatic heterocycles. The minimum absolute atomic E-state index is 0.0652. The molecule has 148 valence electrons. The van der Waals surface area contributed by atoms with Crippen molar-refractivity contribution >= 4 is 11.6 Å². The second-order valence-corrected chi connectivity index (χ2v) is 7.25. The number of carbonyl (C=O) groups excluding carboxylic acids is 1. The third kappa shape index (κ3) is 4.10. The van der Waals surface area contributed by atoms with E-state index in [-0.39, 0.29) is 18.0 Å². The summed E-state index contributed by atoms with van der Waals surface area (Å²) in [5.41, 5.74) is 8.50. The molecule has 1 aromatic carbocycles. The first-order chi connectivity index (χ1) is 13.7. The molecule has 7 nitrogen and oxygen atoms in total. The average Bonchev–Trinajstić information content (AvgIpc) is 3.12. The number of hydrazine groups is 1. The monoisotopic (exact) mass is 381 g/mol. The molecular weight excluding hydrogens is 354 g/mol. The predicted molar refractivity (Wildman–Crippen MR) is 108 cm³/mol. The number of pyridine rings is 1. The van der Waals surface area contributed by atoms with Gasteiger partial charge in [0.05, 0.1) is 18.8 Å². The maximum absolute atomic E-state index is 13.0. The van der Waals surface area contributed by atoms with Crippen molar-refractivity contribution in [2.24, 2.45) is 0 Å². The van der Waals surface area contributed by atoms with Crippen LogP contribution < -0.4 is 20.5 Å². The van der Waals surface area contributed by atoms with Crippen LogP contribution in [-0.2, 0) is 4.79 Å². The lowest BCUT2D eigenvalue weighted by atomic mass is 10.1. The summed E-state index contributed by atoms with van der Waals surface area (Å²) in [7, 11) is 1.68. The number of carbonyl (C=O) groups is 1. The number of anilines is 1. The molecule has 2 unspecified atom stereocenters. The van der Waals surface area contributed by atoms with Crippen molar-refractivity contribution in [3.05, 3.63) is 54.4 Å². The van der Waals surface area contributed by atoms with Crippen molar-refractivity contribution in [3.8, 4) is 5.75 Å². The van der Waals surface area contributed by atoms with Gasteiger partial charge in [0.15, 0.2) is 0 Å². The molecule has 2 saturated heterocycles. The Balaban J connectivity index is 1.36. The van der Waals surface area contributed by atoms with Crippen molar-refractivity contribution in [1.82, 2.24) is 20.7 Å². The van der Waals surface area contributed by atoms with E-state index in [2.05, 4.69) is 32.9 Å². The first kappa shape index (κ1) is 18.7. The first-order valence-corrected chi connectivity index (χ1v) is 9.84. The maximum Gasteiger partial charge on any atom is 0.241 e. The lowest BCUT2D eigenvalue weighted by Gasteiger charge is -2.25. The summed E-state index contributed by atoms with van der Waals surface area (Å²) in [6.07, 6.45) is 3.45. The Hall–Kier alpha value is -2.64. The summed E-state index contributed by atoms with van der Waals surface area (Å²) in [4.78, 5) is 21.7. The van der Waals surface area contributed by atoms with Crippen LogP contribution in [0.25, 0.3) is 0 Å². The minimum Gasteiger partial charge on any atom is -0.497 e. The number of benzene rings is 1. The molecule has 1 amide bonds. The molecule has 2 atom stereocenters. The molecular formula is C21H27N5O2. The van der Waals surface area contributed by atoms with Crippen molar-refractivity contribution in [2.45, 2.75) is 24.9 Å². The Bertz CT molecular complexity index is 800. The quantitative estimate of drug-likeness (QED) is 0.841. The number of hydrogen-bond acceptors (Lipinski definition) is 6. The van der Waals surface area contributed by atoms with E-state index in [4.69, 9.17) is 4.74 Å².